The molecule has 2 N–H and O–H groups in total. The summed E-state index contributed by atoms with van der Waals surface area (Å²) in [4.78, 5) is 23.6. The minimum Gasteiger partial charge on any atom is -0.355 e. The summed E-state index contributed by atoms with van der Waals surface area (Å²) in [6, 6.07) is 10.9. The molecule has 0 saturated heterocycles. The van der Waals surface area contributed by atoms with Crippen molar-refractivity contribution in [3.8, 4) is 0 Å². The minimum absolute atomic E-state index is 0.226. The molecular formula is C17H15Cl2FN2O2. The minimum atomic E-state index is -0.488. The first-order valence-electron chi connectivity index (χ1n) is 7.20. The van der Waals surface area contributed by atoms with Crippen LogP contribution in [0, 0.1) is 5.82 Å². The molecule has 4 nitrogen and oxygen atoms in total. The maximum absolute atomic E-state index is 12.8. The molecule has 0 bridgehead atoms. The summed E-state index contributed by atoms with van der Waals surface area (Å²) in [5.41, 5.74) is 1.25. The number of carbonyl (C=O) groups excluding carboxylic acids is 2. The quantitative estimate of drug-likeness (QED) is 0.761. The molecule has 24 heavy (non-hydrogen) atoms. The Bertz CT molecular complexity index is 736. The molecule has 0 aliphatic rings. The summed E-state index contributed by atoms with van der Waals surface area (Å²) in [6.07, 6.45) is 0.222. The molecule has 0 saturated carbocycles. The highest BCUT2D eigenvalue weighted by atomic mass is 35.5. The molecule has 0 aromatic heterocycles. The Balaban J connectivity index is 1.76. The van der Waals surface area contributed by atoms with Crippen LogP contribution in [0.1, 0.15) is 12.0 Å². The average molecular weight is 369 g/mol. The van der Waals surface area contributed by atoms with Crippen LogP contribution in [0.3, 0.4) is 0 Å². The van der Waals surface area contributed by atoms with E-state index in [-0.39, 0.29) is 17.3 Å². The first-order chi connectivity index (χ1) is 11.5. The molecule has 0 spiro atoms. The van der Waals surface area contributed by atoms with Gasteiger partial charge in [-0.2, -0.15) is 0 Å². The number of halogens is 3. The molecule has 2 rings (SSSR count). The summed E-state index contributed by atoms with van der Waals surface area (Å²) in [7, 11) is 0. The number of amides is 2. The molecule has 0 aliphatic heterocycles. The van der Waals surface area contributed by atoms with Gasteiger partial charge in [0.1, 0.15) is 12.2 Å². The molecule has 0 atom stereocenters. The van der Waals surface area contributed by atoms with Crippen molar-refractivity contribution in [3.63, 3.8) is 0 Å². The molecule has 126 valence electrons. The molecule has 7 heteroatoms. The van der Waals surface area contributed by atoms with Crippen molar-refractivity contribution in [2.45, 2.75) is 12.8 Å². The molecular weight excluding hydrogens is 354 g/mol. The van der Waals surface area contributed by atoms with E-state index in [1.807, 2.05) is 0 Å². The summed E-state index contributed by atoms with van der Waals surface area (Å²) in [5.74, 6) is -1.20. The first kappa shape index (κ1) is 18.2. The number of rotatable bonds is 6. The lowest BCUT2D eigenvalue weighted by molar-refractivity contribution is -0.126. The standard InChI is InChI=1S/C17H15Cl2FN2O2/c18-13-2-1-3-14(17(13)19)22-16(24)10-15(23)21-9-8-11-4-6-12(20)7-5-11/h1-7H,8-10H2,(H,21,23)(H,22,24). The van der Waals surface area contributed by atoms with Gasteiger partial charge >= 0.3 is 0 Å². The van der Waals surface area contributed by atoms with Crippen LogP contribution in [-0.4, -0.2) is 18.4 Å². The van der Waals surface area contributed by atoms with Crippen LogP contribution in [0.2, 0.25) is 10.0 Å². The lowest BCUT2D eigenvalue weighted by Gasteiger charge is -2.09. The first-order valence-corrected chi connectivity index (χ1v) is 7.96. The van der Waals surface area contributed by atoms with E-state index < -0.39 is 11.8 Å². The van der Waals surface area contributed by atoms with E-state index in [2.05, 4.69) is 10.6 Å². The summed E-state index contributed by atoms with van der Waals surface area (Å²) >= 11 is 11.8. The molecule has 2 aromatic carbocycles. The van der Waals surface area contributed by atoms with E-state index in [1.54, 1.807) is 30.3 Å². The molecule has 2 aromatic rings. The van der Waals surface area contributed by atoms with Gasteiger partial charge in [-0.3, -0.25) is 9.59 Å². The van der Waals surface area contributed by atoms with Crippen molar-refractivity contribution >= 4 is 40.7 Å². The van der Waals surface area contributed by atoms with Crippen molar-refractivity contribution < 1.29 is 14.0 Å². The van der Waals surface area contributed by atoms with Crippen molar-refractivity contribution in [2.75, 3.05) is 11.9 Å². The van der Waals surface area contributed by atoms with Gasteiger partial charge in [0.25, 0.3) is 0 Å². The third kappa shape index (κ3) is 5.51. The Hall–Kier alpha value is -2.11. The lowest BCUT2D eigenvalue weighted by atomic mass is 10.1. The number of benzene rings is 2. The van der Waals surface area contributed by atoms with E-state index in [0.717, 1.165) is 5.56 Å². The summed E-state index contributed by atoms with van der Waals surface area (Å²) in [5, 5.41) is 5.72. The van der Waals surface area contributed by atoms with E-state index in [0.29, 0.717) is 23.7 Å². The van der Waals surface area contributed by atoms with Crippen molar-refractivity contribution in [2.24, 2.45) is 0 Å². The van der Waals surface area contributed by atoms with Gasteiger partial charge in [0, 0.05) is 6.54 Å². The van der Waals surface area contributed by atoms with Gasteiger partial charge in [-0.05, 0) is 36.2 Å². The average Bonchev–Trinajstić information content (AvgIpc) is 2.53. The molecule has 0 unspecified atom stereocenters. The number of hydrogen-bond acceptors (Lipinski definition) is 2. The van der Waals surface area contributed by atoms with Crippen LogP contribution in [0.15, 0.2) is 42.5 Å². The van der Waals surface area contributed by atoms with E-state index in [4.69, 9.17) is 23.2 Å². The Morgan fingerprint density at radius 1 is 1.00 bits per heavy atom. The Labute approximate surface area is 149 Å². The number of anilines is 1. The van der Waals surface area contributed by atoms with Crippen LogP contribution in [0.25, 0.3) is 0 Å². The molecule has 0 heterocycles. The van der Waals surface area contributed by atoms with Gasteiger partial charge in [-0.25, -0.2) is 4.39 Å². The fraction of sp³-hybridized carbons (Fsp3) is 0.176. The zero-order valence-electron chi connectivity index (χ0n) is 12.6. The smallest absolute Gasteiger partial charge is 0.233 e. The van der Waals surface area contributed by atoms with Gasteiger partial charge < -0.3 is 10.6 Å². The fourth-order valence-electron chi connectivity index (χ4n) is 2.00. The third-order valence-corrected chi connectivity index (χ3v) is 4.01. The van der Waals surface area contributed by atoms with E-state index in [1.165, 1.54) is 12.1 Å². The SMILES string of the molecule is O=C(CC(=O)Nc1cccc(Cl)c1Cl)NCCc1ccc(F)cc1. The summed E-state index contributed by atoms with van der Waals surface area (Å²) in [6.45, 7) is 0.357. The molecule has 0 fully saturated rings. The molecule has 0 radical (unpaired) electrons. The highest BCUT2D eigenvalue weighted by Gasteiger charge is 2.12. The predicted octanol–water partition coefficient (Wildman–Crippen LogP) is 3.82. The van der Waals surface area contributed by atoms with Gasteiger partial charge in [0.15, 0.2) is 0 Å². The topological polar surface area (TPSA) is 58.2 Å². The van der Waals surface area contributed by atoms with Crippen molar-refractivity contribution in [1.29, 1.82) is 0 Å². The van der Waals surface area contributed by atoms with Gasteiger partial charge in [-0.1, -0.05) is 41.4 Å². The molecule has 0 aliphatic carbocycles. The maximum atomic E-state index is 12.8. The fourth-order valence-corrected chi connectivity index (χ4v) is 2.35. The van der Waals surface area contributed by atoms with Crippen LogP contribution < -0.4 is 10.6 Å². The van der Waals surface area contributed by atoms with Crippen LogP contribution >= 0.6 is 23.2 Å². The van der Waals surface area contributed by atoms with Crippen molar-refractivity contribution in [1.82, 2.24) is 5.32 Å². The van der Waals surface area contributed by atoms with E-state index >= 15 is 0 Å². The zero-order chi connectivity index (χ0) is 17.5. The predicted molar refractivity (Wildman–Crippen MR) is 92.8 cm³/mol. The van der Waals surface area contributed by atoms with Gasteiger partial charge in [0.2, 0.25) is 11.8 Å². The molecule has 2 amide bonds. The number of hydrogen-bond donors (Lipinski definition) is 2. The summed E-state index contributed by atoms with van der Waals surface area (Å²) < 4.78 is 12.8. The largest absolute Gasteiger partial charge is 0.355 e. The highest BCUT2D eigenvalue weighted by molar-refractivity contribution is 6.44. The maximum Gasteiger partial charge on any atom is 0.233 e. The number of nitrogens with one attached hydrogen (secondary N) is 2. The van der Waals surface area contributed by atoms with Gasteiger partial charge in [0.05, 0.1) is 15.7 Å². The van der Waals surface area contributed by atoms with Crippen LogP contribution in [0.5, 0.6) is 0 Å². The second-order valence-electron chi connectivity index (χ2n) is 5.05. The Morgan fingerprint density at radius 3 is 2.42 bits per heavy atom. The normalized spacial score (nSPS) is 10.3. The lowest BCUT2D eigenvalue weighted by Crippen LogP contribution is -2.29. The monoisotopic (exact) mass is 368 g/mol. The zero-order valence-corrected chi connectivity index (χ0v) is 14.1. The third-order valence-electron chi connectivity index (χ3n) is 3.20. The van der Waals surface area contributed by atoms with Crippen LogP contribution in [-0.2, 0) is 16.0 Å². The second kappa shape index (κ2) is 8.66. The second-order valence-corrected chi connectivity index (χ2v) is 5.84. The van der Waals surface area contributed by atoms with E-state index in [9.17, 15) is 14.0 Å². The van der Waals surface area contributed by atoms with Crippen LogP contribution in [0.4, 0.5) is 10.1 Å². The Morgan fingerprint density at radius 2 is 1.71 bits per heavy atom. The van der Waals surface area contributed by atoms with Gasteiger partial charge in [-0.15, -0.1) is 0 Å². The number of carbonyl (C=O) groups is 2. The Kier molecular flexibility index (Phi) is 6.58. The highest BCUT2D eigenvalue weighted by Crippen LogP contribution is 2.29. The van der Waals surface area contributed by atoms with Crippen molar-refractivity contribution in [3.05, 3.63) is 63.9 Å².